The van der Waals surface area contributed by atoms with Crippen LogP contribution >= 0.6 is 0 Å². The molecule has 0 radical (unpaired) electrons. The molecule has 0 amide bonds. The van der Waals surface area contributed by atoms with E-state index in [4.69, 9.17) is 5.11 Å². The van der Waals surface area contributed by atoms with Crippen LogP contribution in [0.3, 0.4) is 0 Å². The third kappa shape index (κ3) is 1.79. The van der Waals surface area contributed by atoms with Crippen molar-refractivity contribution in [2.24, 2.45) is 0 Å². The monoisotopic (exact) mass is 176 g/mol. The predicted octanol–water partition coefficient (Wildman–Crippen LogP) is 1.46. The highest BCUT2D eigenvalue weighted by Gasteiger charge is 2.07. The van der Waals surface area contributed by atoms with Crippen LogP contribution in [0.2, 0.25) is 0 Å². The summed E-state index contributed by atoms with van der Waals surface area (Å²) in [6, 6.07) is 0. The Kier molecular flexibility index (Phi) is 2.54. The average Bonchev–Trinajstić information content (AvgIpc) is 2.16. The first-order valence-corrected chi connectivity index (χ1v) is 3.54. The molecule has 4 heteroatoms. The number of rotatable bonds is 3. The maximum absolute atomic E-state index is 10.5. The van der Waals surface area contributed by atoms with Gasteiger partial charge in [0.1, 0.15) is 0 Å². The van der Waals surface area contributed by atoms with Crippen molar-refractivity contribution in [2.75, 3.05) is 0 Å². The van der Waals surface area contributed by atoms with Gasteiger partial charge in [0.15, 0.2) is 5.69 Å². The molecular formula is C9H8N2O2. The zero-order valence-electron chi connectivity index (χ0n) is 6.90. The van der Waals surface area contributed by atoms with Crippen LogP contribution in [0.4, 0.5) is 0 Å². The Balaban J connectivity index is 3.28. The van der Waals surface area contributed by atoms with Gasteiger partial charge in [-0.15, -0.1) is 0 Å². The van der Waals surface area contributed by atoms with Crippen molar-refractivity contribution >= 4 is 18.1 Å². The number of aromatic carboxylic acids is 1. The van der Waals surface area contributed by atoms with Crippen LogP contribution in [0.25, 0.3) is 12.2 Å². The highest BCUT2D eigenvalue weighted by Crippen LogP contribution is 2.06. The second-order valence-corrected chi connectivity index (χ2v) is 2.24. The zero-order valence-corrected chi connectivity index (χ0v) is 6.90. The summed E-state index contributed by atoms with van der Waals surface area (Å²) in [4.78, 5) is 18.2. The van der Waals surface area contributed by atoms with E-state index in [1.807, 2.05) is 0 Å². The van der Waals surface area contributed by atoms with Crippen molar-refractivity contribution in [1.29, 1.82) is 0 Å². The SMILES string of the molecule is C=Cc1ncc(C(=O)O)nc1C=C. The fourth-order valence-corrected chi connectivity index (χ4v) is 0.823. The molecule has 1 aromatic rings. The first-order chi connectivity index (χ1) is 6.19. The molecule has 1 aromatic heterocycles. The fourth-order valence-electron chi connectivity index (χ4n) is 0.823. The Bertz CT molecular complexity index is 372. The molecule has 0 saturated carbocycles. The van der Waals surface area contributed by atoms with Crippen LogP contribution < -0.4 is 0 Å². The van der Waals surface area contributed by atoms with Crippen molar-refractivity contribution in [3.05, 3.63) is 36.4 Å². The minimum atomic E-state index is -1.11. The van der Waals surface area contributed by atoms with Gasteiger partial charge in [-0.25, -0.2) is 9.78 Å². The van der Waals surface area contributed by atoms with Gasteiger partial charge in [-0.05, 0) is 12.2 Å². The minimum absolute atomic E-state index is 0.0968. The molecule has 0 aromatic carbocycles. The molecule has 0 aliphatic heterocycles. The molecule has 13 heavy (non-hydrogen) atoms. The summed E-state index contributed by atoms with van der Waals surface area (Å²) < 4.78 is 0. The van der Waals surface area contributed by atoms with Crippen molar-refractivity contribution in [3.63, 3.8) is 0 Å². The highest BCUT2D eigenvalue weighted by atomic mass is 16.4. The van der Waals surface area contributed by atoms with Crippen molar-refractivity contribution in [3.8, 4) is 0 Å². The van der Waals surface area contributed by atoms with E-state index in [0.717, 1.165) is 0 Å². The summed E-state index contributed by atoms with van der Waals surface area (Å²) in [5.41, 5.74) is 0.857. The molecule has 0 saturated heterocycles. The van der Waals surface area contributed by atoms with Crippen molar-refractivity contribution < 1.29 is 9.90 Å². The van der Waals surface area contributed by atoms with Crippen LogP contribution in [0, 0.1) is 0 Å². The van der Waals surface area contributed by atoms with E-state index in [9.17, 15) is 4.79 Å². The Morgan fingerprint density at radius 1 is 1.38 bits per heavy atom. The predicted molar refractivity (Wildman–Crippen MR) is 49.2 cm³/mol. The third-order valence-corrected chi connectivity index (χ3v) is 1.44. The molecular weight excluding hydrogens is 168 g/mol. The van der Waals surface area contributed by atoms with E-state index in [1.165, 1.54) is 18.3 Å². The van der Waals surface area contributed by atoms with E-state index >= 15 is 0 Å². The summed E-state index contributed by atoms with van der Waals surface area (Å²) in [7, 11) is 0. The van der Waals surface area contributed by atoms with Gasteiger partial charge >= 0.3 is 5.97 Å². The minimum Gasteiger partial charge on any atom is -0.476 e. The van der Waals surface area contributed by atoms with Gasteiger partial charge in [-0.1, -0.05) is 13.2 Å². The lowest BCUT2D eigenvalue weighted by atomic mass is 10.3. The average molecular weight is 176 g/mol. The van der Waals surface area contributed by atoms with E-state index < -0.39 is 5.97 Å². The number of nitrogens with zero attached hydrogens (tertiary/aromatic N) is 2. The molecule has 0 bridgehead atoms. The first kappa shape index (κ1) is 9.12. The molecule has 0 aliphatic carbocycles. The lowest BCUT2D eigenvalue weighted by Gasteiger charge is -1.99. The number of aromatic nitrogens is 2. The molecule has 0 unspecified atom stereocenters. The zero-order chi connectivity index (χ0) is 9.84. The van der Waals surface area contributed by atoms with Crippen LogP contribution in [0.15, 0.2) is 19.4 Å². The first-order valence-electron chi connectivity index (χ1n) is 3.54. The number of carbonyl (C=O) groups is 1. The van der Waals surface area contributed by atoms with E-state index in [-0.39, 0.29) is 5.69 Å². The summed E-state index contributed by atoms with van der Waals surface area (Å²) >= 11 is 0. The standard InChI is InChI=1S/C9H8N2O2/c1-3-6-7(4-2)11-8(5-10-6)9(12)13/h3-5H,1-2H2,(H,12,13). The number of hydrogen-bond donors (Lipinski definition) is 1. The Hall–Kier alpha value is -1.97. The highest BCUT2D eigenvalue weighted by molar-refractivity contribution is 5.85. The molecule has 0 fully saturated rings. The molecule has 1 heterocycles. The fraction of sp³-hybridized carbons (Fsp3) is 0. The lowest BCUT2D eigenvalue weighted by molar-refractivity contribution is 0.0690. The van der Waals surface area contributed by atoms with E-state index in [1.54, 1.807) is 0 Å². The van der Waals surface area contributed by atoms with Crippen LogP contribution in [0.5, 0.6) is 0 Å². The summed E-state index contributed by atoms with van der Waals surface area (Å²) in [5.74, 6) is -1.11. The Labute approximate surface area is 75.3 Å². The molecule has 0 aliphatic rings. The van der Waals surface area contributed by atoms with Crippen LogP contribution in [0.1, 0.15) is 21.9 Å². The van der Waals surface area contributed by atoms with Crippen LogP contribution in [-0.4, -0.2) is 21.0 Å². The van der Waals surface area contributed by atoms with Crippen molar-refractivity contribution in [2.45, 2.75) is 0 Å². The van der Waals surface area contributed by atoms with Gasteiger partial charge in [-0.2, -0.15) is 0 Å². The molecule has 1 rings (SSSR count). The molecule has 1 N–H and O–H groups in total. The quantitative estimate of drug-likeness (QED) is 0.757. The van der Waals surface area contributed by atoms with Gasteiger partial charge in [0, 0.05) is 0 Å². The molecule has 0 atom stereocenters. The van der Waals surface area contributed by atoms with Gasteiger partial charge in [0.2, 0.25) is 0 Å². The summed E-state index contributed by atoms with van der Waals surface area (Å²) in [6.07, 6.45) is 4.12. The van der Waals surface area contributed by atoms with Gasteiger partial charge in [0.25, 0.3) is 0 Å². The Morgan fingerprint density at radius 2 is 2.00 bits per heavy atom. The topological polar surface area (TPSA) is 63.1 Å². The molecule has 66 valence electrons. The van der Waals surface area contributed by atoms with Crippen LogP contribution in [-0.2, 0) is 0 Å². The normalized spacial score (nSPS) is 9.23. The van der Waals surface area contributed by atoms with Crippen molar-refractivity contribution in [1.82, 2.24) is 9.97 Å². The maximum atomic E-state index is 10.5. The Morgan fingerprint density at radius 3 is 2.46 bits per heavy atom. The smallest absolute Gasteiger partial charge is 0.356 e. The summed E-state index contributed by atoms with van der Waals surface area (Å²) in [5, 5.41) is 8.61. The lowest BCUT2D eigenvalue weighted by Crippen LogP contribution is -2.04. The van der Waals surface area contributed by atoms with Gasteiger partial charge < -0.3 is 5.11 Å². The number of hydrogen-bond acceptors (Lipinski definition) is 3. The number of carboxylic acid groups (broad SMARTS) is 1. The van der Waals surface area contributed by atoms with Gasteiger partial charge in [-0.3, -0.25) is 4.98 Å². The van der Waals surface area contributed by atoms with Gasteiger partial charge in [0.05, 0.1) is 17.6 Å². The summed E-state index contributed by atoms with van der Waals surface area (Å²) in [6.45, 7) is 7.01. The molecule has 4 nitrogen and oxygen atoms in total. The second kappa shape index (κ2) is 3.62. The largest absolute Gasteiger partial charge is 0.476 e. The molecule has 0 spiro atoms. The van der Waals surface area contributed by atoms with E-state index in [2.05, 4.69) is 23.1 Å². The maximum Gasteiger partial charge on any atom is 0.356 e. The van der Waals surface area contributed by atoms with E-state index in [0.29, 0.717) is 11.4 Å². The number of carboxylic acids is 1. The third-order valence-electron chi connectivity index (χ3n) is 1.44. The second-order valence-electron chi connectivity index (χ2n) is 2.24.